The van der Waals surface area contributed by atoms with Crippen molar-refractivity contribution in [3.8, 4) is 0 Å². The minimum atomic E-state index is -1.05. The third-order valence-corrected chi connectivity index (χ3v) is 5.03. The van der Waals surface area contributed by atoms with Gasteiger partial charge < -0.3 is 4.74 Å². The van der Waals surface area contributed by atoms with E-state index in [1.54, 1.807) is 19.2 Å². The zero-order valence-corrected chi connectivity index (χ0v) is 10.7. The highest BCUT2D eigenvalue weighted by Gasteiger charge is 2.26. The second kappa shape index (κ2) is 5.74. The van der Waals surface area contributed by atoms with Crippen LogP contribution < -0.4 is 0 Å². The second-order valence-corrected chi connectivity index (χ2v) is 6.13. The van der Waals surface area contributed by atoms with Crippen LogP contribution in [-0.4, -0.2) is 22.7 Å². The molecule has 3 atom stereocenters. The van der Waals surface area contributed by atoms with Gasteiger partial charge in [-0.3, -0.25) is 4.21 Å². The molecule has 0 spiro atoms. The molecule has 1 saturated carbocycles. The Morgan fingerprint density at radius 2 is 2.00 bits per heavy atom. The molecule has 0 N–H and O–H groups in total. The first-order chi connectivity index (χ1) is 8.20. The number of ether oxygens (including phenoxy) is 1. The fourth-order valence-corrected chi connectivity index (χ4v) is 3.83. The van der Waals surface area contributed by atoms with E-state index >= 15 is 0 Å². The maximum absolute atomic E-state index is 12.8. The number of benzene rings is 1. The Balaban J connectivity index is 2.06. The lowest BCUT2D eigenvalue weighted by Crippen LogP contribution is -2.28. The van der Waals surface area contributed by atoms with Gasteiger partial charge in [-0.15, -0.1) is 0 Å². The van der Waals surface area contributed by atoms with Crippen LogP contribution in [0.5, 0.6) is 0 Å². The molecule has 2 rings (SSSR count). The smallest absolute Gasteiger partial charge is 0.123 e. The predicted molar refractivity (Wildman–Crippen MR) is 65.9 cm³/mol. The Labute approximate surface area is 104 Å². The standard InChI is InChI=1S/C13H17FO2S/c1-16-11-3-2-4-13(9-11)17(15)12-7-5-10(14)6-8-12/h5-8,11,13H,2-4,9H2,1H3. The molecule has 0 bridgehead atoms. The first-order valence-corrected chi connectivity index (χ1v) is 7.11. The van der Waals surface area contributed by atoms with Gasteiger partial charge in [0.1, 0.15) is 5.82 Å². The highest BCUT2D eigenvalue weighted by Crippen LogP contribution is 2.27. The molecule has 2 nitrogen and oxygen atoms in total. The average molecular weight is 256 g/mol. The summed E-state index contributed by atoms with van der Waals surface area (Å²) in [4.78, 5) is 0.716. The molecule has 1 aromatic rings. The molecule has 0 saturated heterocycles. The number of hydrogen-bond donors (Lipinski definition) is 0. The molecular weight excluding hydrogens is 239 g/mol. The minimum absolute atomic E-state index is 0.138. The lowest BCUT2D eigenvalue weighted by atomic mass is 9.97. The summed E-state index contributed by atoms with van der Waals surface area (Å²) in [6.45, 7) is 0. The topological polar surface area (TPSA) is 26.3 Å². The van der Waals surface area contributed by atoms with Gasteiger partial charge in [0.25, 0.3) is 0 Å². The van der Waals surface area contributed by atoms with Gasteiger partial charge in [0.05, 0.1) is 16.9 Å². The van der Waals surface area contributed by atoms with Gasteiger partial charge in [-0.05, 0) is 49.9 Å². The predicted octanol–water partition coefficient (Wildman–Crippen LogP) is 2.89. The van der Waals surface area contributed by atoms with E-state index in [4.69, 9.17) is 4.74 Å². The molecule has 0 radical (unpaired) electrons. The number of hydrogen-bond acceptors (Lipinski definition) is 2. The van der Waals surface area contributed by atoms with Crippen LogP contribution in [0.25, 0.3) is 0 Å². The van der Waals surface area contributed by atoms with E-state index in [0.29, 0.717) is 4.90 Å². The first kappa shape index (κ1) is 12.7. The Hall–Kier alpha value is -0.740. The molecule has 17 heavy (non-hydrogen) atoms. The summed E-state index contributed by atoms with van der Waals surface area (Å²) in [5.74, 6) is -0.288. The molecule has 1 aliphatic rings. The molecular formula is C13H17FO2S. The van der Waals surface area contributed by atoms with Crippen LogP contribution in [0.15, 0.2) is 29.2 Å². The summed E-state index contributed by atoms with van der Waals surface area (Å²) >= 11 is 0. The van der Waals surface area contributed by atoms with E-state index in [0.717, 1.165) is 25.7 Å². The van der Waals surface area contributed by atoms with Crippen molar-refractivity contribution in [1.29, 1.82) is 0 Å². The maximum Gasteiger partial charge on any atom is 0.123 e. The zero-order chi connectivity index (χ0) is 12.3. The third kappa shape index (κ3) is 3.13. The highest BCUT2D eigenvalue weighted by molar-refractivity contribution is 7.85. The van der Waals surface area contributed by atoms with Crippen LogP contribution in [0.3, 0.4) is 0 Å². The van der Waals surface area contributed by atoms with E-state index in [1.165, 1.54) is 12.1 Å². The molecule has 4 heteroatoms. The van der Waals surface area contributed by atoms with Crippen molar-refractivity contribution in [2.75, 3.05) is 7.11 Å². The van der Waals surface area contributed by atoms with Crippen molar-refractivity contribution in [1.82, 2.24) is 0 Å². The summed E-state index contributed by atoms with van der Waals surface area (Å²) < 4.78 is 30.4. The third-order valence-electron chi connectivity index (χ3n) is 3.26. The number of rotatable bonds is 3. The Bertz CT molecular complexity index is 391. The maximum atomic E-state index is 12.8. The van der Waals surface area contributed by atoms with Crippen molar-refractivity contribution < 1.29 is 13.3 Å². The molecule has 1 fully saturated rings. The van der Waals surface area contributed by atoms with Crippen molar-refractivity contribution in [3.05, 3.63) is 30.1 Å². The monoisotopic (exact) mass is 256 g/mol. The largest absolute Gasteiger partial charge is 0.381 e. The van der Waals surface area contributed by atoms with Crippen LogP contribution in [0.4, 0.5) is 4.39 Å². The lowest BCUT2D eigenvalue weighted by molar-refractivity contribution is 0.0725. The van der Waals surface area contributed by atoms with Gasteiger partial charge in [0, 0.05) is 17.3 Å². The van der Waals surface area contributed by atoms with Gasteiger partial charge in [0.15, 0.2) is 0 Å². The minimum Gasteiger partial charge on any atom is -0.381 e. The van der Waals surface area contributed by atoms with Crippen LogP contribution >= 0.6 is 0 Å². The van der Waals surface area contributed by atoms with Crippen molar-refractivity contribution in [2.24, 2.45) is 0 Å². The average Bonchev–Trinajstić information content (AvgIpc) is 2.39. The zero-order valence-electron chi connectivity index (χ0n) is 9.90. The number of halogens is 1. The van der Waals surface area contributed by atoms with Crippen molar-refractivity contribution >= 4 is 10.8 Å². The van der Waals surface area contributed by atoms with E-state index in [9.17, 15) is 8.60 Å². The molecule has 1 aromatic carbocycles. The first-order valence-electron chi connectivity index (χ1n) is 5.89. The van der Waals surface area contributed by atoms with Gasteiger partial charge in [-0.25, -0.2) is 4.39 Å². The highest BCUT2D eigenvalue weighted by atomic mass is 32.2. The normalized spacial score (nSPS) is 26.7. The molecule has 1 aliphatic carbocycles. The summed E-state index contributed by atoms with van der Waals surface area (Å²) in [6.07, 6.45) is 4.12. The van der Waals surface area contributed by atoms with Gasteiger partial charge in [-0.2, -0.15) is 0 Å². The van der Waals surface area contributed by atoms with E-state index in [-0.39, 0.29) is 17.2 Å². The molecule has 0 aliphatic heterocycles. The van der Waals surface area contributed by atoms with Crippen LogP contribution in [0, 0.1) is 5.82 Å². The quantitative estimate of drug-likeness (QED) is 0.831. The SMILES string of the molecule is COC1CCCC(S(=O)c2ccc(F)cc2)C1. The molecule has 0 amide bonds. The summed E-state index contributed by atoms with van der Waals surface area (Å²) in [5.41, 5.74) is 0. The Kier molecular flexibility index (Phi) is 4.29. The van der Waals surface area contributed by atoms with Crippen LogP contribution in [0.1, 0.15) is 25.7 Å². The van der Waals surface area contributed by atoms with Gasteiger partial charge in [0.2, 0.25) is 0 Å². The lowest BCUT2D eigenvalue weighted by Gasteiger charge is -2.27. The van der Waals surface area contributed by atoms with Crippen molar-refractivity contribution in [3.63, 3.8) is 0 Å². The molecule has 3 unspecified atom stereocenters. The fourth-order valence-electron chi connectivity index (χ4n) is 2.27. The van der Waals surface area contributed by atoms with Gasteiger partial charge >= 0.3 is 0 Å². The molecule has 0 aromatic heterocycles. The Morgan fingerprint density at radius 1 is 1.29 bits per heavy atom. The molecule has 0 heterocycles. The fraction of sp³-hybridized carbons (Fsp3) is 0.538. The summed E-state index contributed by atoms with van der Waals surface area (Å²) in [6, 6.07) is 5.96. The van der Waals surface area contributed by atoms with Crippen molar-refractivity contribution in [2.45, 2.75) is 41.9 Å². The number of methoxy groups -OCH3 is 1. The summed E-state index contributed by atoms with van der Waals surface area (Å²) in [5, 5.41) is 0.138. The van der Waals surface area contributed by atoms with Crippen LogP contribution in [-0.2, 0) is 15.5 Å². The van der Waals surface area contributed by atoms with E-state index in [2.05, 4.69) is 0 Å². The van der Waals surface area contributed by atoms with E-state index < -0.39 is 10.8 Å². The second-order valence-electron chi connectivity index (χ2n) is 4.40. The molecule has 94 valence electrons. The Morgan fingerprint density at radius 3 is 2.65 bits per heavy atom. The summed E-state index contributed by atoms with van der Waals surface area (Å²) in [7, 11) is 0.655. The van der Waals surface area contributed by atoms with Gasteiger partial charge in [-0.1, -0.05) is 0 Å². The van der Waals surface area contributed by atoms with E-state index in [1.807, 2.05) is 0 Å². The van der Waals surface area contributed by atoms with Crippen LogP contribution in [0.2, 0.25) is 0 Å².